The van der Waals surface area contributed by atoms with Crippen molar-refractivity contribution in [2.75, 3.05) is 31.6 Å². The zero-order chi connectivity index (χ0) is 23.8. The van der Waals surface area contributed by atoms with Gasteiger partial charge in [0.15, 0.2) is 0 Å². The first-order chi connectivity index (χ1) is 15.7. The molecule has 2 aromatic carbocycles. The number of carbonyl (C=O) groups is 1. The summed E-state index contributed by atoms with van der Waals surface area (Å²) in [5.74, 6) is 0.205. The molecular weight excluding hydrogens is 442 g/mol. The van der Waals surface area contributed by atoms with Gasteiger partial charge >= 0.3 is 0 Å². The standard InChI is InChI=1S/C25H34ClN3O4/c1-3-24(31)28-22-9-8-21(30)14-23(22)33-17-25(2,32)16-27-20-10-12-29(13-11-20)15-18-4-6-19(26)7-5-18/h4-9,14,20,27,30,32H,3,10-13,15-17H2,1-2H3,(H,28,31)/t25-/m0/s1. The maximum absolute atomic E-state index is 11.7. The lowest BCUT2D eigenvalue weighted by Crippen LogP contribution is -2.49. The third-order valence-electron chi connectivity index (χ3n) is 5.78. The molecule has 7 nitrogen and oxygen atoms in total. The molecule has 0 bridgehead atoms. The van der Waals surface area contributed by atoms with Gasteiger partial charge in [-0.05, 0) is 62.7 Å². The van der Waals surface area contributed by atoms with Crippen molar-refractivity contribution in [2.24, 2.45) is 0 Å². The van der Waals surface area contributed by atoms with Gasteiger partial charge in [0.2, 0.25) is 5.91 Å². The van der Waals surface area contributed by atoms with Crippen LogP contribution in [0.15, 0.2) is 42.5 Å². The molecule has 1 fully saturated rings. The summed E-state index contributed by atoms with van der Waals surface area (Å²) in [6.45, 7) is 6.76. The lowest BCUT2D eigenvalue weighted by Gasteiger charge is -2.34. The Morgan fingerprint density at radius 2 is 1.91 bits per heavy atom. The van der Waals surface area contributed by atoms with Gasteiger partial charge in [-0.15, -0.1) is 0 Å². The Morgan fingerprint density at radius 3 is 2.58 bits per heavy atom. The van der Waals surface area contributed by atoms with Gasteiger partial charge in [-0.2, -0.15) is 0 Å². The van der Waals surface area contributed by atoms with E-state index < -0.39 is 5.60 Å². The van der Waals surface area contributed by atoms with Crippen molar-refractivity contribution in [1.29, 1.82) is 0 Å². The van der Waals surface area contributed by atoms with Crippen LogP contribution in [-0.2, 0) is 11.3 Å². The third-order valence-corrected chi connectivity index (χ3v) is 6.03. The Hall–Kier alpha value is -2.32. The van der Waals surface area contributed by atoms with Crippen molar-refractivity contribution in [3.8, 4) is 11.5 Å². The number of carbonyl (C=O) groups excluding carboxylic acids is 1. The minimum absolute atomic E-state index is 0.0217. The lowest BCUT2D eigenvalue weighted by atomic mass is 10.0. The average molecular weight is 476 g/mol. The maximum Gasteiger partial charge on any atom is 0.224 e. The Labute approximate surface area is 200 Å². The van der Waals surface area contributed by atoms with E-state index in [9.17, 15) is 15.0 Å². The summed E-state index contributed by atoms with van der Waals surface area (Å²) in [5, 5.41) is 27.6. The molecule has 0 spiro atoms. The van der Waals surface area contributed by atoms with Crippen LogP contribution in [0, 0.1) is 0 Å². The van der Waals surface area contributed by atoms with E-state index in [0.717, 1.165) is 37.5 Å². The highest BCUT2D eigenvalue weighted by molar-refractivity contribution is 6.30. The van der Waals surface area contributed by atoms with Crippen molar-refractivity contribution in [2.45, 2.75) is 51.3 Å². The number of rotatable bonds is 10. The van der Waals surface area contributed by atoms with E-state index >= 15 is 0 Å². The SMILES string of the molecule is CCC(=O)Nc1ccc(O)cc1OC[C@@](C)(O)CNC1CCN(Cc2ccc(Cl)cc2)CC1. The Bertz CT molecular complexity index is 912. The first-order valence-electron chi connectivity index (χ1n) is 11.4. The summed E-state index contributed by atoms with van der Waals surface area (Å²) in [6.07, 6.45) is 2.34. The van der Waals surface area contributed by atoms with Gasteiger partial charge in [-0.3, -0.25) is 9.69 Å². The molecule has 0 aliphatic carbocycles. The van der Waals surface area contributed by atoms with E-state index in [4.69, 9.17) is 16.3 Å². The van der Waals surface area contributed by atoms with Crippen LogP contribution in [0.5, 0.6) is 11.5 Å². The highest BCUT2D eigenvalue weighted by atomic mass is 35.5. The topological polar surface area (TPSA) is 94.1 Å². The van der Waals surface area contributed by atoms with Crippen LogP contribution in [0.25, 0.3) is 0 Å². The van der Waals surface area contributed by atoms with E-state index in [2.05, 4.69) is 27.7 Å². The second kappa shape index (κ2) is 11.7. The van der Waals surface area contributed by atoms with Gasteiger partial charge < -0.3 is 25.6 Å². The summed E-state index contributed by atoms with van der Waals surface area (Å²) in [4.78, 5) is 14.2. The average Bonchev–Trinajstić information content (AvgIpc) is 2.80. The molecule has 1 saturated heterocycles. The number of hydrogen-bond donors (Lipinski definition) is 4. The predicted molar refractivity (Wildman–Crippen MR) is 131 cm³/mol. The fourth-order valence-corrected chi connectivity index (χ4v) is 3.89. The highest BCUT2D eigenvalue weighted by Crippen LogP contribution is 2.29. The number of aliphatic hydroxyl groups is 1. The van der Waals surface area contributed by atoms with Crippen molar-refractivity contribution in [3.63, 3.8) is 0 Å². The second-order valence-corrected chi connectivity index (χ2v) is 9.36. The number of anilines is 1. The van der Waals surface area contributed by atoms with Crippen LogP contribution in [-0.4, -0.2) is 58.9 Å². The molecule has 1 atom stereocenters. The minimum atomic E-state index is -1.11. The quantitative estimate of drug-likeness (QED) is 0.391. The van der Waals surface area contributed by atoms with Gasteiger partial charge in [-0.25, -0.2) is 0 Å². The van der Waals surface area contributed by atoms with Crippen LogP contribution >= 0.6 is 11.6 Å². The molecule has 1 aliphatic heterocycles. The lowest BCUT2D eigenvalue weighted by molar-refractivity contribution is -0.115. The van der Waals surface area contributed by atoms with Gasteiger partial charge in [0.1, 0.15) is 23.7 Å². The number of nitrogens with zero attached hydrogens (tertiary/aromatic N) is 1. The Kier molecular flexibility index (Phi) is 8.97. The molecule has 3 rings (SSSR count). The van der Waals surface area contributed by atoms with Gasteiger partial charge in [0, 0.05) is 36.6 Å². The molecule has 0 saturated carbocycles. The van der Waals surface area contributed by atoms with Crippen LogP contribution < -0.4 is 15.4 Å². The van der Waals surface area contributed by atoms with E-state index in [0.29, 0.717) is 30.4 Å². The molecule has 0 radical (unpaired) electrons. The molecule has 1 heterocycles. The second-order valence-electron chi connectivity index (χ2n) is 8.93. The van der Waals surface area contributed by atoms with Crippen LogP contribution in [0.1, 0.15) is 38.7 Å². The summed E-state index contributed by atoms with van der Waals surface area (Å²) in [7, 11) is 0. The number of hydrogen-bond acceptors (Lipinski definition) is 6. The highest BCUT2D eigenvalue weighted by Gasteiger charge is 2.26. The maximum atomic E-state index is 11.7. The number of piperidine rings is 1. The molecule has 180 valence electrons. The molecule has 2 aromatic rings. The van der Waals surface area contributed by atoms with E-state index in [1.807, 2.05) is 12.1 Å². The van der Waals surface area contributed by atoms with Crippen LogP contribution in [0.3, 0.4) is 0 Å². The summed E-state index contributed by atoms with van der Waals surface area (Å²) < 4.78 is 5.78. The molecule has 8 heteroatoms. The zero-order valence-corrected chi connectivity index (χ0v) is 20.1. The largest absolute Gasteiger partial charge is 0.508 e. The van der Waals surface area contributed by atoms with Crippen LogP contribution in [0.2, 0.25) is 5.02 Å². The molecule has 0 aromatic heterocycles. The Balaban J connectivity index is 1.44. The van der Waals surface area contributed by atoms with Crippen molar-refractivity contribution >= 4 is 23.2 Å². The van der Waals surface area contributed by atoms with Crippen LogP contribution in [0.4, 0.5) is 5.69 Å². The van der Waals surface area contributed by atoms with E-state index in [1.165, 1.54) is 17.7 Å². The van der Waals surface area contributed by atoms with Gasteiger partial charge in [-0.1, -0.05) is 30.7 Å². The number of phenolic OH excluding ortho intramolecular Hbond substituents is 1. The van der Waals surface area contributed by atoms with Crippen molar-refractivity contribution < 1.29 is 19.7 Å². The van der Waals surface area contributed by atoms with Gasteiger partial charge in [0.05, 0.1) is 5.69 Å². The monoisotopic (exact) mass is 475 g/mol. The number of nitrogens with one attached hydrogen (secondary N) is 2. The number of amides is 1. The molecule has 4 N–H and O–H groups in total. The zero-order valence-electron chi connectivity index (χ0n) is 19.3. The number of aromatic hydroxyl groups is 1. The summed E-state index contributed by atoms with van der Waals surface area (Å²) in [5.41, 5.74) is 0.613. The van der Waals surface area contributed by atoms with E-state index in [-0.39, 0.29) is 18.3 Å². The first-order valence-corrected chi connectivity index (χ1v) is 11.8. The molecule has 33 heavy (non-hydrogen) atoms. The minimum Gasteiger partial charge on any atom is -0.508 e. The summed E-state index contributed by atoms with van der Waals surface area (Å²) >= 11 is 5.96. The fraction of sp³-hybridized carbons (Fsp3) is 0.480. The number of halogens is 1. The van der Waals surface area contributed by atoms with E-state index in [1.54, 1.807) is 19.9 Å². The number of likely N-dealkylation sites (tertiary alicyclic amines) is 1. The fourth-order valence-electron chi connectivity index (χ4n) is 3.76. The number of benzene rings is 2. The molecular formula is C25H34ClN3O4. The molecule has 1 amide bonds. The first kappa shape index (κ1) is 25.3. The van der Waals surface area contributed by atoms with Gasteiger partial charge in [0.25, 0.3) is 0 Å². The predicted octanol–water partition coefficient (Wildman–Crippen LogP) is 3.78. The molecule has 1 aliphatic rings. The number of phenols is 1. The Morgan fingerprint density at radius 1 is 1.21 bits per heavy atom. The smallest absolute Gasteiger partial charge is 0.224 e. The summed E-state index contributed by atoms with van der Waals surface area (Å²) in [6, 6.07) is 12.8. The normalized spacial score (nSPS) is 16.8. The third kappa shape index (κ3) is 8.19. The van der Waals surface area contributed by atoms with Crippen molar-refractivity contribution in [3.05, 3.63) is 53.1 Å². The number of ether oxygens (including phenoxy) is 1. The van der Waals surface area contributed by atoms with Crippen molar-refractivity contribution in [1.82, 2.24) is 10.2 Å². The molecule has 0 unspecified atom stereocenters.